The molecule has 0 aliphatic rings. The lowest BCUT2D eigenvalue weighted by atomic mass is 10.2. The summed E-state index contributed by atoms with van der Waals surface area (Å²) in [5.41, 5.74) is 3.88. The van der Waals surface area contributed by atoms with Crippen molar-refractivity contribution in [3.8, 4) is 11.4 Å². The van der Waals surface area contributed by atoms with Gasteiger partial charge in [0, 0.05) is 11.6 Å². The van der Waals surface area contributed by atoms with Crippen molar-refractivity contribution in [1.29, 1.82) is 0 Å². The first-order valence-electron chi connectivity index (χ1n) is 8.20. The Balaban J connectivity index is 1.59. The van der Waals surface area contributed by atoms with Crippen LogP contribution in [0.4, 0.5) is 0 Å². The van der Waals surface area contributed by atoms with E-state index in [0.29, 0.717) is 0 Å². The molecule has 1 unspecified atom stereocenters. The van der Waals surface area contributed by atoms with Gasteiger partial charge in [0.05, 0.1) is 17.4 Å². The molecule has 0 fully saturated rings. The predicted molar refractivity (Wildman–Crippen MR) is 96.9 cm³/mol. The monoisotopic (exact) mass is 330 g/mol. The van der Waals surface area contributed by atoms with Crippen LogP contribution in [0, 0.1) is 6.92 Å². The number of ether oxygens (including phenoxy) is 1. The Kier molecular flexibility index (Phi) is 3.90. The molecule has 5 nitrogen and oxygen atoms in total. The number of para-hydroxylation sites is 1. The number of nitrogens with zero attached hydrogens (tertiary/aromatic N) is 4. The van der Waals surface area contributed by atoms with Gasteiger partial charge in [0.2, 0.25) is 0 Å². The van der Waals surface area contributed by atoms with Crippen molar-refractivity contribution in [2.75, 3.05) is 0 Å². The van der Waals surface area contributed by atoms with Gasteiger partial charge in [0.1, 0.15) is 17.5 Å². The van der Waals surface area contributed by atoms with Crippen molar-refractivity contribution in [3.63, 3.8) is 0 Å². The van der Waals surface area contributed by atoms with Crippen molar-refractivity contribution >= 4 is 10.9 Å². The summed E-state index contributed by atoms with van der Waals surface area (Å²) in [6.45, 7) is 4.03. The number of aromatic nitrogens is 4. The number of benzene rings is 2. The van der Waals surface area contributed by atoms with Crippen molar-refractivity contribution in [2.24, 2.45) is 0 Å². The molecule has 124 valence electrons. The summed E-state index contributed by atoms with van der Waals surface area (Å²) in [6.07, 6.45) is 3.44. The topological polar surface area (TPSA) is 52.8 Å². The number of fused-ring (bicyclic) bond motifs is 1. The maximum absolute atomic E-state index is 6.13. The number of aryl methyl sites for hydroxylation is 1. The minimum Gasteiger partial charge on any atom is -0.484 e. The quantitative estimate of drug-likeness (QED) is 0.561. The minimum atomic E-state index is -0.218. The third kappa shape index (κ3) is 3.08. The molecular formula is C20H18N4O. The van der Waals surface area contributed by atoms with E-state index in [9.17, 15) is 0 Å². The summed E-state index contributed by atoms with van der Waals surface area (Å²) < 4.78 is 7.89. The van der Waals surface area contributed by atoms with E-state index in [0.717, 1.165) is 28.0 Å². The van der Waals surface area contributed by atoms with Crippen LogP contribution in [0.25, 0.3) is 16.6 Å². The van der Waals surface area contributed by atoms with Crippen molar-refractivity contribution in [2.45, 2.75) is 20.0 Å². The fourth-order valence-corrected chi connectivity index (χ4v) is 2.71. The molecule has 1 atom stereocenters. The number of rotatable bonds is 4. The van der Waals surface area contributed by atoms with Gasteiger partial charge >= 0.3 is 0 Å². The molecule has 2 heterocycles. The first-order valence-corrected chi connectivity index (χ1v) is 8.20. The summed E-state index contributed by atoms with van der Waals surface area (Å²) in [5.74, 6) is 0.794. The maximum atomic E-state index is 6.13. The molecule has 0 saturated heterocycles. The van der Waals surface area contributed by atoms with E-state index in [4.69, 9.17) is 4.74 Å². The van der Waals surface area contributed by atoms with Gasteiger partial charge in [0.25, 0.3) is 0 Å². The Hall–Kier alpha value is -3.21. The van der Waals surface area contributed by atoms with Crippen LogP contribution in [-0.2, 0) is 0 Å². The largest absolute Gasteiger partial charge is 0.484 e. The van der Waals surface area contributed by atoms with Gasteiger partial charge < -0.3 is 4.74 Å². The van der Waals surface area contributed by atoms with Gasteiger partial charge in [-0.2, -0.15) is 0 Å². The highest BCUT2D eigenvalue weighted by atomic mass is 16.5. The Morgan fingerprint density at radius 1 is 1.00 bits per heavy atom. The van der Waals surface area contributed by atoms with Gasteiger partial charge in [-0.1, -0.05) is 35.0 Å². The third-order valence-electron chi connectivity index (χ3n) is 4.14. The van der Waals surface area contributed by atoms with Gasteiger partial charge in [-0.05, 0) is 44.2 Å². The highest BCUT2D eigenvalue weighted by Crippen LogP contribution is 2.27. The fraction of sp³-hybridized carbons (Fsp3) is 0.150. The molecule has 25 heavy (non-hydrogen) atoms. The fourth-order valence-electron chi connectivity index (χ4n) is 2.71. The van der Waals surface area contributed by atoms with Crippen LogP contribution < -0.4 is 4.74 Å². The van der Waals surface area contributed by atoms with E-state index in [1.54, 1.807) is 10.9 Å². The Labute approximate surface area is 145 Å². The predicted octanol–water partition coefficient (Wildman–Crippen LogP) is 4.26. The van der Waals surface area contributed by atoms with E-state index in [-0.39, 0.29) is 6.10 Å². The van der Waals surface area contributed by atoms with Crippen LogP contribution in [-0.4, -0.2) is 20.0 Å². The second-order valence-electron chi connectivity index (χ2n) is 6.01. The number of hydrogen-bond acceptors (Lipinski definition) is 4. The molecule has 0 N–H and O–H groups in total. The highest BCUT2D eigenvalue weighted by molar-refractivity contribution is 5.84. The van der Waals surface area contributed by atoms with E-state index < -0.39 is 0 Å². The highest BCUT2D eigenvalue weighted by Gasteiger charge is 2.14. The van der Waals surface area contributed by atoms with Crippen LogP contribution in [0.3, 0.4) is 0 Å². The molecule has 0 aliphatic heterocycles. The molecule has 0 aliphatic carbocycles. The van der Waals surface area contributed by atoms with E-state index in [1.807, 2.05) is 55.6 Å². The molecule has 4 rings (SSSR count). The summed E-state index contributed by atoms with van der Waals surface area (Å²) in [5, 5.41) is 9.47. The summed E-state index contributed by atoms with van der Waals surface area (Å²) >= 11 is 0. The van der Waals surface area contributed by atoms with Crippen molar-refractivity contribution in [3.05, 3.63) is 78.2 Å². The molecule has 4 aromatic rings. The van der Waals surface area contributed by atoms with Crippen LogP contribution in [0.2, 0.25) is 0 Å². The standard InChI is InChI=1S/C20H18N4O/c1-14-7-9-16(10-8-14)24-13-19(22-23-24)15(2)25-20-11-12-21-18-6-4-3-5-17(18)20/h3-13,15H,1-2H3. The average molecular weight is 330 g/mol. The molecule has 5 heteroatoms. The minimum absolute atomic E-state index is 0.218. The second-order valence-corrected chi connectivity index (χ2v) is 6.01. The van der Waals surface area contributed by atoms with Gasteiger partial charge in [-0.15, -0.1) is 5.10 Å². The lowest BCUT2D eigenvalue weighted by Crippen LogP contribution is -2.04. The van der Waals surface area contributed by atoms with Gasteiger partial charge in [-0.3, -0.25) is 4.98 Å². The van der Waals surface area contributed by atoms with Crippen LogP contribution in [0.1, 0.15) is 24.3 Å². The zero-order valence-corrected chi connectivity index (χ0v) is 14.1. The first kappa shape index (κ1) is 15.3. The normalized spacial score (nSPS) is 12.2. The number of pyridine rings is 1. The lowest BCUT2D eigenvalue weighted by molar-refractivity contribution is 0.224. The van der Waals surface area contributed by atoms with Gasteiger partial charge in [-0.25, -0.2) is 4.68 Å². The number of hydrogen-bond donors (Lipinski definition) is 0. The SMILES string of the molecule is Cc1ccc(-n2cc(C(C)Oc3ccnc4ccccc34)nn2)cc1. The average Bonchev–Trinajstić information content (AvgIpc) is 3.13. The second kappa shape index (κ2) is 6.36. The van der Waals surface area contributed by atoms with Crippen LogP contribution >= 0.6 is 0 Å². The third-order valence-corrected chi connectivity index (χ3v) is 4.14. The molecule has 0 radical (unpaired) electrons. The van der Waals surface area contributed by atoms with Crippen LogP contribution in [0.5, 0.6) is 5.75 Å². The molecule has 0 saturated carbocycles. The lowest BCUT2D eigenvalue weighted by Gasteiger charge is -2.13. The summed E-state index contributed by atoms with van der Waals surface area (Å²) in [6, 6.07) is 18.0. The molecule has 0 bridgehead atoms. The zero-order chi connectivity index (χ0) is 17.2. The molecule has 0 amide bonds. The Morgan fingerprint density at radius 3 is 2.64 bits per heavy atom. The first-order chi connectivity index (χ1) is 12.2. The zero-order valence-electron chi connectivity index (χ0n) is 14.1. The Morgan fingerprint density at radius 2 is 1.80 bits per heavy atom. The van der Waals surface area contributed by atoms with E-state index in [2.05, 4.69) is 34.4 Å². The summed E-state index contributed by atoms with van der Waals surface area (Å²) in [7, 11) is 0. The van der Waals surface area contributed by atoms with Crippen molar-refractivity contribution < 1.29 is 4.74 Å². The molecule has 2 aromatic carbocycles. The maximum Gasteiger partial charge on any atom is 0.141 e. The Bertz CT molecular complexity index is 1000. The van der Waals surface area contributed by atoms with Crippen molar-refractivity contribution in [1.82, 2.24) is 20.0 Å². The van der Waals surface area contributed by atoms with E-state index >= 15 is 0 Å². The van der Waals surface area contributed by atoms with E-state index in [1.165, 1.54) is 5.56 Å². The summed E-state index contributed by atoms with van der Waals surface area (Å²) in [4.78, 5) is 4.36. The van der Waals surface area contributed by atoms with Gasteiger partial charge in [0.15, 0.2) is 0 Å². The van der Waals surface area contributed by atoms with Crippen LogP contribution in [0.15, 0.2) is 67.0 Å². The molecule has 0 spiro atoms. The smallest absolute Gasteiger partial charge is 0.141 e. The molecule has 2 aromatic heterocycles. The molecular weight excluding hydrogens is 312 g/mol.